The summed E-state index contributed by atoms with van der Waals surface area (Å²) in [7, 11) is 5.41. The van der Waals surface area contributed by atoms with Crippen LogP contribution < -0.4 is 14.8 Å². The molecule has 0 amide bonds. The van der Waals surface area contributed by atoms with E-state index in [1.807, 2.05) is 19.2 Å². The SMILES string of the molecule is CCCCCCCC(NC)c1ccc(OC)cc1OC. The first-order valence-corrected chi connectivity index (χ1v) is 7.66. The van der Waals surface area contributed by atoms with Gasteiger partial charge in [-0.3, -0.25) is 0 Å². The van der Waals surface area contributed by atoms with Crippen molar-refractivity contribution in [1.82, 2.24) is 5.32 Å². The lowest BCUT2D eigenvalue weighted by Gasteiger charge is -2.20. The topological polar surface area (TPSA) is 30.5 Å². The van der Waals surface area contributed by atoms with Crippen molar-refractivity contribution in [3.8, 4) is 11.5 Å². The third-order valence-electron chi connectivity index (χ3n) is 3.76. The first-order chi connectivity index (χ1) is 9.76. The molecule has 1 aromatic rings. The summed E-state index contributed by atoms with van der Waals surface area (Å²) >= 11 is 0. The van der Waals surface area contributed by atoms with E-state index in [0.29, 0.717) is 6.04 Å². The molecule has 0 aliphatic rings. The zero-order valence-corrected chi connectivity index (χ0v) is 13.4. The number of hydrogen-bond acceptors (Lipinski definition) is 3. The van der Waals surface area contributed by atoms with Gasteiger partial charge in [-0.15, -0.1) is 0 Å². The first-order valence-electron chi connectivity index (χ1n) is 7.66. The lowest BCUT2D eigenvalue weighted by Crippen LogP contribution is -2.17. The highest BCUT2D eigenvalue weighted by Gasteiger charge is 2.14. The lowest BCUT2D eigenvalue weighted by molar-refractivity contribution is 0.382. The average Bonchev–Trinajstić information content (AvgIpc) is 2.50. The van der Waals surface area contributed by atoms with Crippen molar-refractivity contribution in [2.45, 2.75) is 51.5 Å². The highest BCUT2D eigenvalue weighted by Crippen LogP contribution is 2.31. The Labute approximate surface area is 123 Å². The van der Waals surface area contributed by atoms with Gasteiger partial charge in [-0.1, -0.05) is 45.1 Å². The van der Waals surface area contributed by atoms with Gasteiger partial charge in [-0.2, -0.15) is 0 Å². The molecule has 0 heterocycles. The van der Waals surface area contributed by atoms with Crippen molar-refractivity contribution >= 4 is 0 Å². The van der Waals surface area contributed by atoms with Gasteiger partial charge in [0.15, 0.2) is 0 Å². The Morgan fingerprint density at radius 1 is 1.05 bits per heavy atom. The second kappa shape index (κ2) is 9.65. The van der Waals surface area contributed by atoms with Crippen LogP contribution >= 0.6 is 0 Å². The highest BCUT2D eigenvalue weighted by molar-refractivity contribution is 5.42. The molecule has 1 aromatic carbocycles. The van der Waals surface area contributed by atoms with Crippen LogP contribution in [0.25, 0.3) is 0 Å². The van der Waals surface area contributed by atoms with E-state index in [1.54, 1.807) is 14.2 Å². The van der Waals surface area contributed by atoms with E-state index in [1.165, 1.54) is 37.7 Å². The Morgan fingerprint density at radius 2 is 1.80 bits per heavy atom. The summed E-state index contributed by atoms with van der Waals surface area (Å²) in [5.74, 6) is 1.74. The fraction of sp³-hybridized carbons (Fsp3) is 0.647. The van der Waals surface area contributed by atoms with Crippen LogP contribution in [0.15, 0.2) is 18.2 Å². The Balaban J connectivity index is 2.64. The fourth-order valence-corrected chi connectivity index (χ4v) is 2.51. The van der Waals surface area contributed by atoms with Crippen LogP contribution in [0, 0.1) is 0 Å². The van der Waals surface area contributed by atoms with Crippen LogP contribution in [-0.2, 0) is 0 Å². The molecule has 1 unspecified atom stereocenters. The van der Waals surface area contributed by atoms with Crippen LogP contribution in [0.2, 0.25) is 0 Å². The van der Waals surface area contributed by atoms with E-state index in [0.717, 1.165) is 17.9 Å². The summed E-state index contributed by atoms with van der Waals surface area (Å²) in [6.45, 7) is 2.25. The molecule has 0 aliphatic heterocycles. The minimum absolute atomic E-state index is 0.345. The number of unbranched alkanes of at least 4 members (excludes halogenated alkanes) is 4. The summed E-state index contributed by atoms with van der Waals surface area (Å²) in [5, 5.41) is 3.40. The molecule has 3 nitrogen and oxygen atoms in total. The van der Waals surface area contributed by atoms with E-state index in [9.17, 15) is 0 Å². The average molecular weight is 279 g/mol. The van der Waals surface area contributed by atoms with Gasteiger partial charge >= 0.3 is 0 Å². The van der Waals surface area contributed by atoms with Gasteiger partial charge in [0.25, 0.3) is 0 Å². The second-order valence-electron chi connectivity index (χ2n) is 5.15. The molecule has 0 fully saturated rings. The van der Waals surface area contributed by atoms with E-state index in [2.05, 4.69) is 18.3 Å². The zero-order valence-electron chi connectivity index (χ0n) is 13.4. The number of nitrogens with one attached hydrogen (secondary N) is 1. The molecule has 0 spiro atoms. The van der Waals surface area contributed by atoms with Crippen LogP contribution in [0.3, 0.4) is 0 Å². The molecular weight excluding hydrogens is 250 g/mol. The maximum atomic E-state index is 5.50. The van der Waals surface area contributed by atoms with E-state index < -0.39 is 0 Å². The van der Waals surface area contributed by atoms with Crippen LogP contribution in [-0.4, -0.2) is 21.3 Å². The van der Waals surface area contributed by atoms with Gasteiger partial charge in [-0.05, 0) is 19.5 Å². The minimum Gasteiger partial charge on any atom is -0.497 e. The Hall–Kier alpha value is -1.22. The molecule has 114 valence electrons. The van der Waals surface area contributed by atoms with Crippen molar-refractivity contribution < 1.29 is 9.47 Å². The van der Waals surface area contributed by atoms with Gasteiger partial charge in [0.2, 0.25) is 0 Å². The maximum absolute atomic E-state index is 5.50. The molecule has 0 saturated carbocycles. The summed E-state index contributed by atoms with van der Waals surface area (Å²) in [4.78, 5) is 0. The quantitative estimate of drug-likeness (QED) is 0.647. The fourth-order valence-electron chi connectivity index (χ4n) is 2.51. The second-order valence-corrected chi connectivity index (χ2v) is 5.15. The molecule has 0 radical (unpaired) electrons. The maximum Gasteiger partial charge on any atom is 0.127 e. The predicted octanol–water partition coefficient (Wildman–Crippen LogP) is 4.32. The zero-order chi connectivity index (χ0) is 14.8. The summed E-state index contributed by atoms with van der Waals surface area (Å²) < 4.78 is 10.7. The standard InChI is InChI=1S/C17H29NO2/c1-5-6-7-8-9-10-16(18-2)15-12-11-14(19-3)13-17(15)20-4/h11-13,16,18H,5-10H2,1-4H3. The first kappa shape index (κ1) is 16.8. The lowest BCUT2D eigenvalue weighted by atomic mass is 9.99. The normalized spacial score (nSPS) is 12.2. The monoisotopic (exact) mass is 279 g/mol. The van der Waals surface area contributed by atoms with Crippen molar-refractivity contribution in [3.63, 3.8) is 0 Å². The van der Waals surface area contributed by atoms with Gasteiger partial charge in [0, 0.05) is 17.7 Å². The summed E-state index contributed by atoms with van der Waals surface area (Å²) in [6, 6.07) is 6.40. The molecular formula is C17H29NO2. The number of hydrogen-bond donors (Lipinski definition) is 1. The molecule has 20 heavy (non-hydrogen) atoms. The van der Waals surface area contributed by atoms with Crippen LogP contribution in [0.5, 0.6) is 11.5 Å². The minimum atomic E-state index is 0.345. The number of methoxy groups -OCH3 is 2. The van der Waals surface area contributed by atoms with Gasteiger partial charge < -0.3 is 14.8 Å². The smallest absolute Gasteiger partial charge is 0.127 e. The van der Waals surface area contributed by atoms with Crippen molar-refractivity contribution in [2.75, 3.05) is 21.3 Å². The molecule has 0 aromatic heterocycles. The van der Waals surface area contributed by atoms with Crippen molar-refractivity contribution in [3.05, 3.63) is 23.8 Å². The molecule has 1 N–H and O–H groups in total. The Morgan fingerprint density at radius 3 is 2.40 bits per heavy atom. The summed E-state index contributed by atoms with van der Waals surface area (Å²) in [6.07, 6.45) is 7.68. The van der Waals surface area contributed by atoms with Crippen LogP contribution in [0.1, 0.15) is 57.1 Å². The van der Waals surface area contributed by atoms with Crippen LogP contribution in [0.4, 0.5) is 0 Å². The van der Waals surface area contributed by atoms with E-state index >= 15 is 0 Å². The molecule has 0 bridgehead atoms. The molecule has 1 atom stereocenters. The summed E-state index contributed by atoms with van der Waals surface area (Å²) in [5.41, 5.74) is 1.21. The molecule has 0 aliphatic carbocycles. The number of benzene rings is 1. The third kappa shape index (κ3) is 5.04. The van der Waals surface area contributed by atoms with E-state index in [4.69, 9.17) is 9.47 Å². The van der Waals surface area contributed by atoms with Crippen molar-refractivity contribution in [2.24, 2.45) is 0 Å². The molecule has 0 saturated heterocycles. The largest absolute Gasteiger partial charge is 0.497 e. The number of rotatable bonds is 10. The highest BCUT2D eigenvalue weighted by atomic mass is 16.5. The van der Waals surface area contributed by atoms with E-state index in [-0.39, 0.29) is 0 Å². The van der Waals surface area contributed by atoms with Gasteiger partial charge in [0.05, 0.1) is 14.2 Å². The Bertz CT molecular complexity index is 379. The van der Waals surface area contributed by atoms with Gasteiger partial charge in [0.1, 0.15) is 11.5 Å². The number of ether oxygens (including phenoxy) is 2. The van der Waals surface area contributed by atoms with Crippen molar-refractivity contribution in [1.29, 1.82) is 0 Å². The van der Waals surface area contributed by atoms with Gasteiger partial charge in [-0.25, -0.2) is 0 Å². The molecule has 3 heteroatoms. The third-order valence-corrected chi connectivity index (χ3v) is 3.76. The Kier molecular flexibility index (Phi) is 8.12. The predicted molar refractivity (Wildman–Crippen MR) is 84.7 cm³/mol. The molecule has 1 rings (SSSR count).